The maximum absolute atomic E-state index is 13.2. The second-order valence-electron chi connectivity index (χ2n) is 4.29. The van der Waals surface area contributed by atoms with Gasteiger partial charge in [-0.1, -0.05) is 12.7 Å². The van der Waals surface area contributed by atoms with Crippen molar-refractivity contribution in [1.29, 1.82) is 0 Å². The molecule has 8 nitrogen and oxygen atoms in total. The van der Waals surface area contributed by atoms with Crippen molar-refractivity contribution in [2.75, 3.05) is 13.2 Å². The number of amides is 1. The maximum atomic E-state index is 13.2. The molecule has 1 N–H and O–H groups in total. The van der Waals surface area contributed by atoms with Crippen LogP contribution in [0.5, 0.6) is 0 Å². The number of rotatable bonds is 9. The van der Waals surface area contributed by atoms with Crippen molar-refractivity contribution in [1.82, 2.24) is 5.32 Å². The smallest absolute Gasteiger partial charge is 0.466 e. The Labute approximate surface area is 142 Å². The van der Waals surface area contributed by atoms with E-state index in [-0.39, 0.29) is 0 Å². The van der Waals surface area contributed by atoms with Crippen molar-refractivity contribution in [2.45, 2.75) is 17.2 Å². The molecule has 0 aromatic carbocycles. The van der Waals surface area contributed by atoms with Crippen molar-refractivity contribution in [3.63, 3.8) is 0 Å². The highest BCUT2D eigenvalue weighted by molar-refractivity contribution is 7.86. The largest absolute Gasteiger partial charge is 0.743 e. The molecule has 0 rings (SSSR count). The summed E-state index contributed by atoms with van der Waals surface area (Å²) in [6, 6.07) is 0. The third kappa shape index (κ3) is 5.43. The quantitative estimate of drug-likeness (QED) is 0.147. The van der Waals surface area contributed by atoms with Gasteiger partial charge in [0.25, 0.3) is 0 Å². The summed E-state index contributed by atoms with van der Waals surface area (Å²) in [7, 11) is -6.51. The summed E-state index contributed by atoms with van der Waals surface area (Å²) in [6.45, 7) is 1.75. The summed E-state index contributed by atoms with van der Waals surface area (Å²) >= 11 is 0. The van der Waals surface area contributed by atoms with Gasteiger partial charge in [-0.25, -0.2) is 13.2 Å². The Morgan fingerprint density at radius 3 is 2.04 bits per heavy atom. The summed E-state index contributed by atoms with van der Waals surface area (Å²) < 4.78 is 117. The third-order valence-corrected chi connectivity index (χ3v) is 3.20. The number of halogens is 6. The molecule has 15 heteroatoms. The average Bonchev–Trinajstić information content (AvgIpc) is 2.46. The van der Waals surface area contributed by atoms with E-state index in [1.807, 2.05) is 0 Å². The lowest BCUT2D eigenvalue weighted by Crippen LogP contribution is -2.62. The van der Waals surface area contributed by atoms with Gasteiger partial charge < -0.3 is 19.3 Å². The van der Waals surface area contributed by atoms with Crippen LogP contribution in [-0.4, -0.2) is 55.2 Å². The van der Waals surface area contributed by atoms with E-state index in [1.54, 1.807) is 0 Å². The molecule has 0 bridgehead atoms. The number of ether oxygens (including phenoxy) is 2. The minimum absolute atomic E-state index is 0.718. The van der Waals surface area contributed by atoms with Crippen LogP contribution in [0.25, 0.3) is 0 Å². The molecule has 0 aromatic rings. The van der Waals surface area contributed by atoms with Gasteiger partial charge in [0, 0.05) is 6.54 Å². The first kappa shape index (κ1) is 23.9. The second-order valence-corrected chi connectivity index (χ2v) is 5.79. The first-order valence-corrected chi connectivity index (χ1v) is 7.43. The lowest BCUT2D eigenvalue weighted by atomic mass is 10.2. The number of carbonyl (C=O) groups excluding carboxylic acids is 2. The van der Waals surface area contributed by atoms with E-state index in [0.29, 0.717) is 0 Å². The monoisotopic (exact) mass is 414 g/mol. The molecule has 0 radical (unpaired) electrons. The van der Waals surface area contributed by atoms with Crippen LogP contribution in [0.3, 0.4) is 0 Å². The number of hydrogen-bond acceptors (Lipinski definition) is 7. The molecule has 0 aliphatic carbocycles. The van der Waals surface area contributed by atoms with Gasteiger partial charge in [0.15, 0.2) is 10.1 Å². The fourth-order valence-electron chi connectivity index (χ4n) is 1.13. The van der Waals surface area contributed by atoms with Gasteiger partial charge in [0.1, 0.15) is 6.61 Å². The van der Waals surface area contributed by atoms with Crippen molar-refractivity contribution >= 4 is 22.0 Å². The predicted octanol–water partition coefficient (Wildman–Crippen LogP) is 0.728. The molecule has 0 spiro atoms. The Morgan fingerprint density at radius 2 is 1.69 bits per heavy atom. The first-order chi connectivity index (χ1) is 11.5. The van der Waals surface area contributed by atoms with Crippen molar-refractivity contribution in [3.05, 3.63) is 25.1 Å². The fourth-order valence-corrected chi connectivity index (χ4v) is 1.34. The fraction of sp³-hybridized carbons (Fsp3) is 0.455. The summed E-state index contributed by atoms with van der Waals surface area (Å²) in [5.74, 6) is -12.0. The van der Waals surface area contributed by atoms with E-state index in [9.17, 15) is 48.9 Å². The molecule has 0 fully saturated rings. The van der Waals surface area contributed by atoms with Crippen LogP contribution in [0, 0.1) is 0 Å². The van der Waals surface area contributed by atoms with Crippen LogP contribution in [0.4, 0.5) is 26.3 Å². The van der Waals surface area contributed by atoms with Crippen molar-refractivity contribution in [2.24, 2.45) is 0 Å². The number of hydrogen-bond donors (Lipinski definition) is 1. The van der Waals surface area contributed by atoms with Crippen LogP contribution in [0.2, 0.25) is 0 Å². The zero-order valence-corrected chi connectivity index (χ0v) is 13.3. The van der Waals surface area contributed by atoms with Gasteiger partial charge >= 0.3 is 29.1 Å². The Hall–Kier alpha value is -2.13. The van der Waals surface area contributed by atoms with Gasteiger partial charge in [0.05, 0.1) is 0 Å². The lowest BCUT2D eigenvalue weighted by molar-refractivity contribution is -0.352. The molecule has 0 saturated heterocycles. The van der Waals surface area contributed by atoms with Gasteiger partial charge in [-0.05, 0) is 0 Å². The van der Waals surface area contributed by atoms with Gasteiger partial charge in [-0.15, -0.1) is 6.58 Å². The van der Waals surface area contributed by atoms with Crippen molar-refractivity contribution in [3.8, 4) is 0 Å². The minimum Gasteiger partial charge on any atom is -0.743 e. The Bertz CT molecular complexity index is 690. The van der Waals surface area contributed by atoms with Crippen LogP contribution >= 0.6 is 0 Å². The molecule has 1 amide bonds. The number of alkyl halides is 5. The topological polar surface area (TPSA) is 122 Å². The molecule has 0 aliphatic heterocycles. The van der Waals surface area contributed by atoms with Crippen LogP contribution < -0.4 is 5.32 Å². The SMILES string of the molecule is C=CCNC(=O)C(OCC(F)(F)S(=O)(=O)[O-])(OC(=O)C(=C)F)C(F)(F)F. The summed E-state index contributed by atoms with van der Waals surface area (Å²) in [4.78, 5) is 22.8. The van der Waals surface area contributed by atoms with Gasteiger partial charge in [-0.2, -0.15) is 26.3 Å². The molecule has 150 valence electrons. The molecule has 0 aromatic heterocycles. The standard InChI is InChI=1S/C11H11F6NO7S/c1-3-4-18-8(20)10(11(15,16)17,25-7(19)6(2)12)24-5-9(13,14)26(21,22)23/h3H,1-2,4-5H2,(H,18,20)(H,21,22,23)/p-1. The number of esters is 1. The summed E-state index contributed by atoms with van der Waals surface area (Å²) in [5.41, 5.74) is 0. The summed E-state index contributed by atoms with van der Waals surface area (Å²) in [5, 5.41) is -4.05. The minimum atomic E-state index is -6.51. The predicted molar refractivity (Wildman–Crippen MR) is 68.9 cm³/mol. The number of carbonyl (C=O) groups is 2. The third-order valence-electron chi connectivity index (χ3n) is 2.35. The normalized spacial score (nSPS) is 14.9. The number of nitrogens with one attached hydrogen (secondary N) is 1. The Kier molecular flexibility index (Phi) is 7.39. The summed E-state index contributed by atoms with van der Waals surface area (Å²) in [6.07, 6.45) is -5.28. The van der Waals surface area contributed by atoms with Crippen molar-refractivity contribution < 1.29 is 58.4 Å². The average molecular weight is 414 g/mol. The molecular weight excluding hydrogens is 404 g/mol. The molecule has 1 unspecified atom stereocenters. The van der Waals surface area contributed by atoms with Gasteiger partial charge in [-0.3, -0.25) is 4.79 Å². The van der Waals surface area contributed by atoms with Crippen LogP contribution in [0.15, 0.2) is 25.1 Å². The van der Waals surface area contributed by atoms with E-state index in [1.165, 1.54) is 5.32 Å². The van der Waals surface area contributed by atoms with Crippen LogP contribution in [-0.2, 0) is 29.2 Å². The Morgan fingerprint density at radius 1 is 1.19 bits per heavy atom. The maximum Gasteiger partial charge on any atom is 0.466 e. The van der Waals surface area contributed by atoms with E-state index in [0.717, 1.165) is 6.08 Å². The van der Waals surface area contributed by atoms with E-state index in [2.05, 4.69) is 22.6 Å². The highest BCUT2D eigenvalue weighted by Crippen LogP contribution is 2.38. The Balaban J connectivity index is 6.10. The molecular formula is C11H10F6NO7S-. The van der Waals surface area contributed by atoms with Crippen LogP contribution in [0.1, 0.15) is 0 Å². The molecule has 0 heterocycles. The van der Waals surface area contributed by atoms with E-state index >= 15 is 0 Å². The van der Waals surface area contributed by atoms with E-state index < -0.39 is 58.2 Å². The van der Waals surface area contributed by atoms with Gasteiger partial charge in [0.2, 0.25) is 5.83 Å². The lowest BCUT2D eigenvalue weighted by Gasteiger charge is -2.34. The highest BCUT2D eigenvalue weighted by atomic mass is 32.2. The zero-order valence-electron chi connectivity index (χ0n) is 12.4. The van der Waals surface area contributed by atoms with E-state index in [4.69, 9.17) is 0 Å². The zero-order chi connectivity index (χ0) is 21.0. The molecule has 1 atom stereocenters. The molecule has 0 aliphatic rings. The molecule has 0 saturated carbocycles. The molecule has 26 heavy (non-hydrogen) atoms. The first-order valence-electron chi connectivity index (χ1n) is 6.02. The highest BCUT2D eigenvalue weighted by Gasteiger charge is 2.67. The second kappa shape index (κ2) is 8.05.